The van der Waals surface area contributed by atoms with Crippen LogP contribution in [-0.2, 0) is 0 Å². The topological polar surface area (TPSA) is 145 Å². The Bertz CT molecular complexity index is 796. The molecule has 0 aromatic carbocycles. The molecule has 2 aliphatic rings. The molecule has 7 N–H and O–H groups in total. The number of aliphatic imine (C=N–C) groups is 1. The SMILES string of the molecule is CCOc1ccc(C#CC2C(Cl)=NC(N)NC2NC2(O)CCC(CO)C2O)cn1. The minimum atomic E-state index is -1.60. The zero-order chi connectivity index (χ0) is 21.0. The lowest BCUT2D eigenvalue weighted by Gasteiger charge is -2.38. The maximum absolute atomic E-state index is 10.9. The summed E-state index contributed by atoms with van der Waals surface area (Å²) in [6.07, 6.45) is -0.225. The van der Waals surface area contributed by atoms with Gasteiger partial charge in [-0.3, -0.25) is 16.4 Å². The lowest BCUT2D eigenvalue weighted by molar-refractivity contribution is -0.105. The van der Waals surface area contributed by atoms with Crippen LogP contribution in [0.2, 0.25) is 0 Å². The zero-order valence-electron chi connectivity index (χ0n) is 16.0. The molecule has 1 aliphatic carbocycles. The number of aliphatic hydroxyl groups excluding tert-OH is 2. The molecule has 0 amide bonds. The van der Waals surface area contributed by atoms with Crippen LogP contribution in [0.25, 0.3) is 0 Å². The first-order valence-corrected chi connectivity index (χ1v) is 9.88. The van der Waals surface area contributed by atoms with Crippen molar-refractivity contribution < 1.29 is 20.1 Å². The number of aromatic nitrogens is 1. The average molecular weight is 424 g/mol. The van der Waals surface area contributed by atoms with Crippen molar-refractivity contribution in [2.75, 3.05) is 13.2 Å². The van der Waals surface area contributed by atoms with E-state index in [1.165, 1.54) is 0 Å². The highest BCUT2D eigenvalue weighted by Gasteiger charge is 2.48. The Morgan fingerprint density at radius 3 is 2.90 bits per heavy atom. The van der Waals surface area contributed by atoms with Gasteiger partial charge in [0.25, 0.3) is 0 Å². The molecular formula is C19H26ClN5O4. The van der Waals surface area contributed by atoms with E-state index in [1.54, 1.807) is 18.3 Å². The molecule has 6 atom stereocenters. The summed E-state index contributed by atoms with van der Waals surface area (Å²) in [6, 6.07) is 3.50. The maximum Gasteiger partial charge on any atom is 0.213 e. The third-order valence-corrected chi connectivity index (χ3v) is 5.41. The van der Waals surface area contributed by atoms with Gasteiger partial charge in [-0.25, -0.2) is 9.98 Å². The van der Waals surface area contributed by atoms with E-state index in [9.17, 15) is 15.3 Å². The van der Waals surface area contributed by atoms with Crippen LogP contribution in [0, 0.1) is 23.7 Å². The predicted octanol–water partition coefficient (Wildman–Crippen LogP) is -0.702. The number of aliphatic hydroxyl groups is 3. The van der Waals surface area contributed by atoms with Gasteiger partial charge in [0.2, 0.25) is 5.88 Å². The van der Waals surface area contributed by atoms with Gasteiger partial charge in [0, 0.05) is 30.4 Å². The van der Waals surface area contributed by atoms with E-state index in [0.717, 1.165) is 0 Å². The van der Waals surface area contributed by atoms with Gasteiger partial charge < -0.3 is 20.1 Å². The van der Waals surface area contributed by atoms with Crippen LogP contribution in [0.15, 0.2) is 23.3 Å². The molecule has 1 aromatic heterocycles. The van der Waals surface area contributed by atoms with Gasteiger partial charge in [-0.15, -0.1) is 0 Å². The van der Waals surface area contributed by atoms with Crippen LogP contribution in [0.4, 0.5) is 0 Å². The minimum Gasteiger partial charge on any atom is -0.478 e. The highest BCUT2D eigenvalue weighted by atomic mass is 35.5. The number of nitrogens with two attached hydrogens (primary N) is 1. The number of ether oxygens (including phenoxy) is 1. The number of hydrogen-bond donors (Lipinski definition) is 6. The second kappa shape index (κ2) is 9.36. The van der Waals surface area contributed by atoms with E-state index >= 15 is 0 Å². The van der Waals surface area contributed by atoms with Gasteiger partial charge >= 0.3 is 0 Å². The molecule has 1 fully saturated rings. The van der Waals surface area contributed by atoms with E-state index in [2.05, 4.69) is 32.5 Å². The van der Waals surface area contributed by atoms with Gasteiger partial charge in [0.05, 0.1) is 12.8 Å². The van der Waals surface area contributed by atoms with Crippen molar-refractivity contribution in [1.29, 1.82) is 0 Å². The van der Waals surface area contributed by atoms with Crippen LogP contribution in [0.5, 0.6) is 5.88 Å². The van der Waals surface area contributed by atoms with Crippen molar-refractivity contribution in [3.8, 4) is 17.7 Å². The van der Waals surface area contributed by atoms with E-state index in [4.69, 9.17) is 22.1 Å². The molecule has 0 bridgehead atoms. The normalized spacial score (nSPS) is 34.3. The fourth-order valence-corrected chi connectivity index (χ4v) is 3.79. The molecule has 2 heterocycles. The Hall–Kier alpha value is -1.77. The number of hydrogen-bond acceptors (Lipinski definition) is 9. The summed E-state index contributed by atoms with van der Waals surface area (Å²) in [4.78, 5) is 8.27. The van der Waals surface area contributed by atoms with E-state index < -0.39 is 36.1 Å². The summed E-state index contributed by atoms with van der Waals surface area (Å²) >= 11 is 6.30. The van der Waals surface area contributed by atoms with Crippen molar-refractivity contribution in [1.82, 2.24) is 15.6 Å². The van der Waals surface area contributed by atoms with Crippen LogP contribution >= 0.6 is 11.6 Å². The number of nitrogens with one attached hydrogen (secondary N) is 2. The molecule has 1 aromatic rings. The largest absolute Gasteiger partial charge is 0.478 e. The Morgan fingerprint density at radius 1 is 1.48 bits per heavy atom. The Labute approximate surface area is 174 Å². The molecule has 0 radical (unpaired) electrons. The standard InChI is InChI=1S/C19H26ClN5O4/c1-2-29-14-6-4-11(9-22-14)3-5-13-16(20)23-18(21)24-17(13)25-19(28)8-7-12(10-26)15(19)27/h4,6,9,12-13,15,17-18,24-28H,2,7-8,10,21H2,1H3. The fraction of sp³-hybridized carbons (Fsp3) is 0.579. The second-order valence-corrected chi connectivity index (χ2v) is 7.49. The monoisotopic (exact) mass is 423 g/mol. The lowest BCUT2D eigenvalue weighted by atomic mass is 10.0. The van der Waals surface area contributed by atoms with Crippen LogP contribution in [0.1, 0.15) is 25.3 Å². The first-order valence-electron chi connectivity index (χ1n) is 9.50. The third kappa shape index (κ3) is 5.05. The zero-order valence-corrected chi connectivity index (χ0v) is 16.8. The third-order valence-electron chi connectivity index (χ3n) is 5.08. The molecule has 1 saturated carbocycles. The van der Waals surface area contributed by atoms with Gasteiger partial charge in [0.1, 0.15) is 22.9 Å². The van der Waals surface area contributed by atoms with Crippen LogP contribution in [0.3, 0.4) is 0 Å². The molecule has 9 nitrogen and oxygen atoms in total. The lowest BCUT2D eigenvalue weighted by Crippen LogP contribution is -2.66. The summed E-state index contributed by atoms with van der Waals surface area (Å²) < 4.78 is 5.31. The van der Waals surface area contributed by atoms with Crippen molar-refractivity contribution in [3.63, 3.8) is 0 Å². The Kier molecular flexibility index (Phi) is 7.08. The molecule has 158 valence electrons. The Balaban J connectivity index is 1.79. The number of halogens is 1. The van der Waals surface area contributed by atoms with Crippen molar-refractivity contribution in [2.45, 2.75) is 44.0 Å². The van der Waals surface area contributed by atoms with E-state index in [0.29, 0.717) is 24.5 Å². The summed E-state index contributed by atoms with van der Waals surface area (Å²) in [5, 5.41) is 36.8. The van der Waals surface area contributed by atoms with Gasteiger partial charge in [-0.1, -0.05) is 23.4 Å². The second-order valence-electron chi connectivity index (χ2n) is 7.10. The number of pyridine rings is 1. The smallest absolute Gasteiger partial charge is 0.213 e. The first kappa shape index (κ1) is 21.9. The molecular weight excluding hydrogens is 398 g/mol. The molecule has 29 heavy (non-hydrogen) atoms. The van der Waals surface area contributed by atoms with Crippen LogP contribution in [-0.4, -0.2) is 63.0 Å². The predicted molar refractivity (Wildman–Crippen MR) is 108 cm³/mol. The average Bonchev–Trinajstić information content (AvgIpc) is 2.96. The molecule has 0 saturated heterocycles. The highest BCUT2D eigenvalue weighted by Crippen LogP contribution is 2.34. The highest BCUT2D eigenvalue weighted by molar-refractivity contribution is 6.66. The molecule has 6 unspecified atom stereocenters. The van der Waals surface area contributed by atoms with Crippen molar-refractivity contribution in [3.05, 3.63) is 23.9 Å². The quantitative estimate of drug-likeness (QED) is 0.269. The Morgan fingerprint density at radius 2 is 2.28 bits per heavy atom. The van der Waals surface area contributed by atoms with Crippen molar-refractivity contribution in [2.24, 2.45) is 22.6 Å². The van der Waals surface area contributed by atoms with Crippen LogP contribution < -0.4 is 21.1 Å². The van der Waals surface area contributed by atoms with E-state index in [-0.39, 0.29) is 18.2 Å². The summed E-state index contributed by atoms with van der Waals surface area (Å²) in [5.41, 5.74) is 4.92. The molecule has 1 aliphatic heterocycles. The van der Waals surface area contributed by atoms with Crippen molar-refractivity contribution >= 4 is 16.8 Å². The summed E-state index contributed by atoms with van der Waals surface area (Å²) in [5.74, 6) is 5.50. The fourth-order valence-electron chi connectivity index (χ4n) is 3.50. The summed E-state index contributed by atoms with van der Waals surface area (Å²) in [6.45, 7) is 2.19. The van der Waals surface area contributed by atoms with E-state index in [1.807, 2.05) is 6.92 Å². The number of rotatable bonds is 5. The molecule has 10 heteroatoms. The van der Waals surface area contributed by atoms with Gasteiger partial charge in [-0.2, -0.15) is 0 Å². The minimum absolute atomic E-state index is 0.190. The maximum atomic E-state index is 10.9. The summed E-state index contributed by atoms with van der Waals surface area (Å²) in [7, 11) is 0. The molecule has 3 rings (SSSR count). The molecule has 0 spiro atoms. The van der Waals surface area contributed by atoms with Gasteiger partial charge in [-0.05, 0) is 25.8 Å². The number of nitrogens with zero attached hydrogens (tertiary/aromatic N) is 2. The first-order chi connectivity index (χ1) is 13.9. The van der Waals surface area contributed by atoms with Gasteiger partial charge in [0.15, 0.2) is 6.29 Å².